The Hall–Kier alpha value is -2.54. The number of nitrogens with zero attached hydrogens (tertiary/aromatic N) is 1. The van der Waals surface area contributed by atoms with Crippen molar-refractivity contribution in [3.63, 3.8) is 0 Å². The van der Waals surface area contributed by atoms with Crippen molar-refractivity contribution in [1.82, 2.24) is 5.32 Å². The molecule has 2 aromatic rings. The van der Waals surface area contributed by atoms with E-state index in [0.717, 1.165) is 23.4 Å². The lowest BCUT2D eigenvalue weighted by Crippen LogP contribution is -2.43. The standard InChI is InChI=1S/C22H30N2O4S/c1-17(2)28-21-14-12-20(13-15-21)24(29(4,26)27)16-22(25)23-18(3)10-11-19-8-6-5-7-9-19/h5-9,12-15,17-18H,10-11,16H2,1-4H3,(H,23,25)/t18-/m0/s1. The minimum atomic E-state index is -3.61. The molecule has 0 saturated carbocycles. The monoisotopic (exact) mass is 418 g/mol. The molecule has 0 fully saturated rings. The summed E-state index contributed by atoms with van der Waals surface area (Å²) >= 11 is 0. The van der Waals surface area contributed by atoms with Crippen LogP contribution in [-0.4, -0.2) is 39.3 Å². The summed E-state index contributed by atoms with van der Waals surface area (Å²) in [4.78, 5) is 12.5. The van der Waals surface area contributed by atoms with Crippen LogP contribution in [0.2, 0.25) is 0 Å². The van der Waals surface area contributed by atoms with Gasteiger partial charge in [0.2, 0.25) is 15.9 Å². The maximum absolute atomic E-state index is 12.5. The number of carbonyl (C=O) groups excluding carboxylic acids is 1. The van der Waals surface area contributed by atoms with Crippen LogP contribution in [0.25, 0.3) is 0 Å². The third-order valence-electron chi connectivity index (χ3n) is 4.30. The van der Waals surface area contributed by atoms with Gasteiger partial charge in [0.05, 0.1) is 18.0 Å². The van der Waals surface area contributed by atoms with E-state index in [1.165, 1.54) is 5.56 Å². The highest BCUT2D eigenvalue weighted by atomic mass is 32.2. The second-order valence-electron chi connectivity index (χ2n) is 7.42. The molecule has 0 aliphatic rings. The van der Waals surface area contributed by atoms with Gasteiger partial charge in [-0.15, -0.1) is 0 Å². The fourth-order valence-electron chi connectivity index (χ4n) is 2.91. The van der Waals surface area contributed by atoms with E-state index in [4.69, 9.17) is 4.74 Å². The van der Waals surface area contributed by atoms with E-state index in [9.17, 15) is 13.2 Å². The summed E-state index contributed by atoms with van der Waals surface area (Å²) in [7, 11) is -3.61. The zero-order valence-electron chi connectivity index (χ0n) is 17.5. The van der Waals surface area contributed by atoms with Crippen LogP contribution in [0.5, 0.6) is 5.75 Å². The summed E-state index contributed by atoms with van der Waals surface area (Å²) < 4.78 is 31.2. The molecule has 2 rings (SSSR count). The molecule has 0 unspecified atom stereocenters. The van der Waals surface area contributed by atoms with Crippen molar-refractivity contribution in [3.05, 3.63) is 60.2 Å². The summed E-state index contributed by atoms with van der Waals surface area (Å²) in [6.07, 6.45) is 2.73. The van der Waals surface area contributed by atoms with Crippen molar-refractivity contribution >= 4 is 21.6 Å². The van der Waals surface area contributed by atoms with E-state index in [1.807, 2.05) is 51.1 Å². The summed E-state index contributed by atoms with van der Waals surface area (Å²) in [5, 5.41) is 2.89. The van der Waals surface area contributed by atoms with Crippen LogP contribution in [-0.2, 0) is 21.2 Å². The number of aryl methyl sites for hydroxylation is 1. The molecule has 0 aromatic heterocycles. The molecule has 0 radical (unpaired) electrons. The van der Waals surface area contributed by atoms with Gasteiger partial charge in [-0.25, -0.2) is 8.42 Å². The van der Waals surface area contributed by atoms with Crippen molar-refractivity contribution in [2.75, 3.05) is 17.1 Å². The van der Waals surface area contributed by atoms with Crippen LogP contribution in [0.4, 0.5) is 5.69 Å². The first-order valence-corrected chi connectivity index (χ1v) is 11.6. The molecule has 6 nitrogen and oxygen atoms in total. The summed E-state index contributed by atoms with van der Waals surface area (Å²) in [5.74, 6) is 0.315. The molecule has 1 N–H and O–H groups in total. The van der Waals surface area contributed by atoms with Crippen molar-refractivity contribution < 1.29 is 17.9 Å². The second kappa shape index (κ2) is 10.3. The number of amides is 1. The van der Waals surface area contributed by atoms with Gasteiger partial charge in [0.1, 0.15) is 12.3 Å². The van der Waals surface area contributed by atoms with Crippen LogP contribution < -0.4 is 14.4 Å². The molecule has 7 heteroatoms. The second-order valence-corrected chi connectivity index (χ2v) is 9.33. The number of benzene rings is 2. The van der Waals surface area contributed by atoms with Gasteiger partial charge in [0.15, 0.2) is 0 Å². The molecule has 0 heterocycles. The van der Waals surface area contributed by atoms with Crippen LogP contribution in [0.3, 0.4) is 0 Å². The molecule has 1 atom stereocenters. The number of carbonyl (C=O) groups is 1. The average molecular weight is 419 g/mol. The van der Waals surface area contributed by atoms with Crippen molar-refractivity contribution in [3.8, 4) is 5.75 Å². The van der Waals surface area contributed by atoms with E-state index < -0.39 is 10.0 Å². The molecule has 0 aliphatic carbocycles. The number of ether oxygens (including phenoxy) is 1. The lowest BCUT2D eigenvalue weighted by atomic mass is 10.1. The highest BCUT2D eigenvalue weighted by molar-refractivity contribution is 7.92. The minimum absolute atomic E-state index is 0.0232. The van der Waals surface area contributed by atoms with Gasteiger partial charge in [-0.2, -0.15) is 0 Å². The smallest absolute Gasteiger partial charge is 0.240 e. The Labute approximate surface area is 173 Å². The molecule has 0 bridgehead atoms. The van der Waals surface area contributed by atoms with Gasteiger partial charge in [0, 0.05) is 6.04 Å². The fourth-order valence-corrected chi connectivity index (χ4v) is 3.77. The number of anilines is 1. The first-order chi connectivity index (χ1) is 13.6. The van der Waals surface area contributed by atoms with Gasteiger partial charge >= 0.3 is 0 Å². The molecular formula is C22H30N2O4S. The summed E-state index contributed by atoms with van der Waals surface area (Å²) in [5.41, 5.74) is 1.63. The summed E-state index contributed by atoms with van der Waals surface area (Å²) in [6, 6.07) is 16.7. The predicted octanol–water partition coefficient (Wildman–Crippen LogP) is 3.38. The highest BCUT2D eigenvalue weighted by Crippen LogP contribution is 2.22. The third-order valence-corrected chi connectivity index (χ3v) is 5.44. The Kier molecular flexibility index (Phi) is 8.08. The Morgan fingerprint density at radius 3 is 2.21 bits per heavy atom. The van der Waals surface area contributed by atoms with Crippen LogP contribution in [0, 0.1) is 0 Å². The lowest BCUT2D eigenvalue weighted by molar-refractivity contribution is -0.120. The van der Waals surface area contributed by atoms with Gasteiger partial charge in [-0.1, -0.05) is 30.3 Å². The first-order valence-electron chi connectivity index (χ1n) is 9.73. The molecule has 1 amide bonds. The molecule has 2 aromatic carbocycles. The van der Waals surface area contributed by atoms with Gasteiger partial charge in [-0.05, 0) is 63.4 Å². The average Bonchev–Trinajstić information content (AvgIpc) is 2.65. The lowest BCUT2D eigenvalue weighted by Gasteiger charge is -2.23. The van der Waals surface area contributed by atoms with E-state index >= 15 is 0 Å². The maximum Gasteiger partial charge on any atom is 0.240 e. The molecular weight excluding hydrogens is 388 g/mol. The number of nitrogens with one attached hydrogen (secondary N) is 1. The zero-order valence-corrected chi connectivity index (χ0v) is 18.3. The SMILES string of the molecule is CC(C)Oc1ccc(N(CC(=O)N[C@@H](C)CCc2ccccc2)S(C)(=O)=O)cc1. The minimum Gasteiger partial charge on any atom is -0.491 e. The number of sulfonamides is 1. The molecule has 29 heavy (non-hydrogen) atoms. The quantitative estimate of drug-likeness (QED) is 0.642. The Morgan fingerprint density at radius 1 is 1.03 bits per heavy atom. The van der Waals surface area contributed by atoms with Gasteiger partial charge < -0.3 is 10.1 Å². The molecule has 0 aliphatic heterocycles. The molecule has 0 spiro atoms. The first kappa shape index (κ1) is 22.7. The number of hydrogen-bond donors (Lipinski definition) is 1. The fraction of sp³-hybridized carbons (Fsp3) is 0.409. The normalized spacial score (nSPS) is 12.4. The number of rotatable bonds is 10. The topological polar surface area (TPSA) is 75.7 Å². The van der Waals surface area contributed by atoms with Gasteiger partial charge in [-0.3, -0.25) is 9.10 Å². The van der Waals surface area contributed by atoms with Crippen LogP contribution >= 0.6 is 0 Å². The predicted molar refractivity (Wildman–Crippen MR) is 117 cm³/mol. The summed E-state index contributed by atoms with van der Waals surface area (Å²) in [6.45, 7) is 5.49. The maximum atomic E-state index is 12.5. The zero-order chi connectivity index (χ0) is 21.4. The number of hydrogen-bond acceptors (Lipinski definition) is 4. The Balaban J connectivity index is 1.97. The third kappa shape index (κ3) is 7.77. The Morgan fingerprint density at radius 2 is 1.66 bits per heavy atom. The van der Waals surface area contributed by atoms with E-state index in [-0.39, 0.29) is 24.6 Å². The largest absolute Gasteiger partial charge is 0.491 e. The molecule has 158 valence electrons. The van der Waals surface area contributed by atoms with E-state index in [0.29, 0.717) is 11.4 Å². The molecule has 0 saturated heterocycles. The van der Waals surface area contributed by atoms with Crippen molar-refractivity contribution in [2.24, 2.45) is 0 Å². The highest BCUT2D eigenvalue weighted by Gasteiger charge is 2.21. The van der Waals surface area contributed by atoms with Crippen LogP contribution in [0.15, 0.2) is 54.6 Å². The van der Waals surface area contributed by atoms with Crippen LogP contribution in [0.1, 0.15) is 32.8 Å². The van der Waals surface area contributed by atoms with Crippen molar-refractivity contribution in [1.29, 1.82) is 0 Å². The van der Waals surface area contributed by atoms with E-state index in [1.54, 1.807) is 24.3 Å². The van der Waals surface area contributed by atoms with E-state index in [2.05, 4.69) is 5.32 Å². The Bertz CT molecular complexity index is 881. The van der Waals surface area contributed by atoms with Gasteiger partial charge in [0.25, 0.3) is 0 Å². The van der Waals surface area contributed by atoms with Crippen molar-refractivity contribution in [2.45, 2.75) is 45.8 Å².